The predicted octanol–water partition coefficient (Wildman–Crippen LogP) is 1.76. The number of amides is 4. The van der Waals surface area contributed by atoms with Crippen molar-refractivity contribution in [1.29, 1.82) is 0 Å². The van der Waals surface area contributed by atoms with E-state index in [-0.39, 0.29) is 25.2 Å². The maximum absolute atomic E-state index is 13.2. The van der Waals surface area contributed by atoms with Crippen LogP contribution in [-0.4, -0.2) is 53.8 Å². The summed E-state index contributed by atoms with van der Waals surface area (Å²) in [5.74, 6) is 3.01. The molecule has 3 aromatic rings. The Morgan fingerprint density at radius 2 is 1.36 bits per heavy atom. The highest BCUT2D eigenvalue weighted by molar-refractivity contribution is 5.97. The summed E-state index contributed by atoms with van der Waals surface area (Å²) in [5, 5.41) is 16.6. The molecule has 1 unspecified atom stereocenters. The molecule has 1 atom stereocenters. The second-order valence-corrected chi connectivity index (χ2v) is 9.61. The van der Waals surface area contributed by atoms with Crippen molar-refractivity contribution in [3.63, 3.8) is 0 Å². The van der Waals surface area contributed by atoms with Crippen molar-refractivity contribution in [2.75, 3.05) is 18.0 Å². The van der Waals surface area contributed by atoms with Gasteiger partial charge in [-0.05, 0) is 29.3 Å². The highest BCUT2D eigenvalue weighted by Gasteiger charge is 2.23. The standard InChI is InChI=1S/C32H30N4O6/c37-28(33-19-29(38)34-20-30(39)35-26(32(41)42)18-22-8-2-1-3-9-22)16-17-31(40)36-21-25-12-5-4-10-23(25)14-15-24-11-6-7-13-27(24)36/h1-13,26H,16-21H2,(H,33,37)(H,34,38)(H,35,39)(H,41,42). The minimum atomic E-state index is -1.20. The van der Waals surface area contributed by atoms with Crippen molar-refractivity contribution in [3.8, 4) is 11.8 Å². The van der Waals surface area contributed by atoms with Crippen molar-refractivity contribution in [3.05, 3.63) is 101 Å². The first kappa shape index (κ1) is 29.6. The molecule has 0 fully saturated rings. The molecule has 10 heteroatoms. The third-order valence-electron chi connectivity index (χ3n) is 6.55. The van der Waals surface area contributed by atoms with Crippen LogP contribution < -0.4 is 20.9 Å². The molecule has 4 rings (SSSR count). The monoisotopic (exact) mass is 566 g/mol. The lowest BCUT2D eigenvalue weighted by Crippen LogP contribution is -2.47. The zero-order valence-corrected chi connectivity index (χ0v) is 22.8. The van der Waals surface area contributed by atoms with Crippen molar-refractivity contribution >= 4 is 35.3 Å². The summed E-state index contributed by atoms with van der Waals surface area (Å²) in [5.41, 5.74) is 3.84. The molecule has 0 aromatic heterocycles. The van der Waals surface area contributed by atoms with E-state index in [9.17, 15) is 29.1 Å². The Labute approximate surface area is 243 Å². The summed E-state index contributed by atoms with van der Waals surface area (Å²) in [6.45, 7) is -0.548. The number of aliphatic carboxylic acids is 1. The van der Waals surface area contributed by atoms with Crippen LogP contribution in [0.25, 0.3) is 0 Å². The summed E-state index contributed by atoms with van der Waals surface area (Å²) < 4.78 is 0. The van der Waals surface area contributed by atoms with Gasteiger partial charge in [-0.1, -0.05) is 72.5 Å². The summed E-state index contributed by atoms with van der Waals surface area (Å²) in [6.07, 6.45) is -0.135. The molecule has 0 saturated heterocycles. The third kappa shape index (κ3) is 8.29. The van der Waals surface area contributed by atoms with Gasteiger partial charge >= 0.3 is 5.97 Å². The second-order valence-electron chi connectivity index (χ2n) is 9.61. The third-order valence-corrected chi connectivity index (χ3v) is 6.55. The number of para-hydroxylation sites is 1. The van der Waals surface area contributed by atoms with Gasteiger partial charge in [-0.2, -0.15) is 0 Å². The Hall–Kier alpha value is -5.43. The van der Waals surface area contributed by atoms with Crippen LogP contribution in [0, 0.1) is 11.8 Å². The Morgan fingerprint density at radius 1 is 0.738 bits per heavy atom. The molecule has 0 spiro atoms. The largest absolute Gasteiger partial charge is 0.480 e. The Balaban J connectivity index is 1.23. The van der Waals surface area contributed by atoms with E-state index in [1.165, 1.54) is 0 Å². The topological polar surface area (TPSA) is 145 Å². The molecule has 1 heterocycles. The van der Waals surface area contributed by atoms with Gasteiger partial charge in [0.25, 0.3) is 0 Å². The van der Waals surface area contributed by atoms with Gasteiger partial charge in [0.05, 0.1) is 25.3 Å². The molecule has 0 aliphatic carbocycles. The number of carboxylic acid groups (broad SMARTS) is 1. The number of anilines is 1. The minimum Gasteiger partial charge on any atom is -0.480 e. The summed E-state index contributed by atoms with van der Waals surface area (Å²) >= 11 is 0. The second kappa shape index (κ2) is 14.3. The molecule has 214 valence electrons. The lowest BCUT2D eigenvalue weighted by Gasteiger charge is -2.26. The Bertz CT molecular complexity index is 1540. The first-order valence-corrected chi connectivity index (χ1v) is 13.4. The molecule has 1 aliphatic rings. The van der Waals surface area contributed by atoms with Crippen LogP contribution in [-0.2, 0) is 36.9 Å². The molecule has 42 heavy (non-hydrogen) atoms. The number of benzene rings is 3. The lowest BCUT2D eigenvalue weighted by molar-refractivity contribution is -0.141. The van der Waals surface area contributed by atoms with Gasteiger partial charge in [0.15, 0.2) is 0 Å². The van der Waals surface area contributed by atoms with Crippen LogP contribution in [0.15, 0.2) is 78.9 Å². The minimum absolute atomic E-state index is 0.0855. The first-order chi connectivity index (χ1) is 20.3. The van der Waals surface area contributed by atoms with Gasteiger partial charge < -0.3 is 26.0 Å². The molecular formula is C32H30N4O6. The summed E-state index contributed by atoms with van der Waals surface area (Å²) in [4.78, 5) is 63.2. The van der Waals surface area contributed by atoms with Gasteiger partial charge in [-0.3, -0.25) is 19.2 Å². The van der Waals surface area contributed by atoms with E-state index in [1.807, 2.05) is 48.5 Å². The Kier molecular flexibility index (Phi) is 10.0. The number of carbonyl (C=O) groups is 5. The SMILES string of the molecule is O=C(CCC(=O)N1Cc2ccccc2C#Cc2ccccc21)NCC(=O)NCC(=O)NC(Cc1ccccc1)C(=O)O. The quantitative estimate of drug-likeness (QED) is 0.260. The van der Waals surface area contributed by atoms with Crippen LogP contribution in [0.1, 0.15) is 35.1 Å². The number of rotatable bonds is 11. The average Bonchev–Trinajstić information content (AvgIpc) is 2.99. The van der Waals surface area contributed by atoms with Crippen LogP contribution in [0.5, 0.6) is 0 Å². The molecule has 3 aromatic carbocycles. The van der Waals surface area contributed by atoms with E-state index in [1.54, 1.807) is 35.2 Å². The van der Waals surface area contributed by atoms with Gasteiger partial charge in [0.1, 0.15) is 6.04 Å². The average molecular weight is 567 g/mol. The summed E-state index contributed by atoms with van der Waals surface area (Å²) in [7, 11) is 0. The predicted molar refractivity (Wildman–Crippen MR) is 155 cm³/mol. The number of nitrogens with one attached hydrogen (secondary N) is 3. The molecule has 0 bridgehead atoms. The fourth-order valence-corrected chi connectivity index (χ4v) is 4.37. The van der Waals surface area contributed by atoms with E-state index in [0.29, 0.717) is 17.8 Å². The normalized spacial score (nSPS) is 12.1. The molecular weight excluding hydrogens is 536 g/mol. The van der Waals surface area contributed by atoms with E-state index < -0.39 is 42.8 Å². The zero-order chi connectivity index (χ0) is 29.9. The van der Waals surface area contributed by atoms with Gasteiger partial charge in [-0.25, -0.2) is 4.79 Å². The zero-order valence-electron chi connectivity index (χ0n) is 22.8. The molecule has 1 aliphatic heterocycles. The fraction of sp³-hybridized carbons (Fsp3) is 0.219. The van der Waals surface area contributed by atoms with Crippen LogP contribution in [0.3, 0.4) is 0 Å². The fourth-order valence-electron chi connectivity index (χ4n) is 4.37. The van der Waals surface area contributed by atoms with Gasteiger partial charge in [0.2, 0.25) is 23.6 Å². The number of carbonyl (C=O) groups excluding carboxylic acids is 4. The van der Waals surface area contributed by atoms with E-state index in [2.05, 4.69) is 27.8 Å². The smallest absolute Gasteiger partial charge is 0.326 e. The van der Waals surface area contributed by atoms with Crippen molar-refractivity contribution in [2.24, 2.45) is 0 Å². The van der Waals surface area contributed by atoms with Gasteiger partial charge in [0, 0.05) is 30.4 Å². The van der Waals surface area contributed by atoms with Crippen molar-refractivity contribution in [2.45, 2.75) is 31.8 Å². The number of nitrogens with zero attached hydrogens (tertiary/aromatic N) is 1. The lowest BCUT2D eigenvalue weighted by atomic mass is 10.0. The number of hydrogen-bond acceptors (Lipinski definition) is 5. The first-order valence-electron chi connectivity index (χ1n) is 13.4. The maximum atomic E-state index is 13.2. The molecule has 4 amide bonds. The molecule has 4 N–H and O–H groups in total. The molecule has 10 nitrogen and oxygen atoms in total. The van der Waals surface area contributed by atoms with Crippen LogP contribution >= 0.6 is 0 Å². The van der Waals surface area contributed by atoms with Crippen LogP contribution in [0.4, 0.5) is 5.69 Å². The maximum Gasteiger partial charge on any atom is 0.326 e. The number of hydrogen-bond donors (Lipinski definition) is 4. The van der Waals surface area contributed by atoms with Crippen LogP contribution in [0.2, 0.25) is 0 Å². The highest BCUT2D eigenvalue weighted by atomic mass is 16.4. The number of fused-ring (bicyclic) bond motifs is 2. The van der Waals surface area contributed by atoms with E-state index in [4.69, 9.17) is 0 Å². The van der Waals surface area contributed by atoms with Crippen molar-refractivity contribution < 1.29 is 29.1 Å². The Morgan fingerprint density at radius 3 is 2.12 bits per heavy atom. The van der Waals surface area contributed by atoms with E-state index in [0.717, 1.165) is 16.7 Å². The van der Waals surface area contributed by atoms with Gasteiger partial charge in [-0.15, -0.1) is 0 Å². The molecule has 0 saturated carbocycles. The molecule has 0 radical (unpaired) electrons. The summed E-state index contributed by atoms with van der Waals surface area (Å²) in [6, 6.07) is 22.6. The number of carboxylic acids is 1. The highest BCUT2D eigenvalue weighted by Crippen LogP contribution is 2.26. The van der Waals surface area contributed by atoms with Crippen molar-refractivity contribution in [1.82, 2.24) is 16.0 Å². The van der Waals surface area contributed by atoms with E-state index >= 15 is 0 Å².